The van der Waals surface area contributed by atoms with E-state index in [1.54, 1.807) is 18.2 Å². The van der Waals surface area contributed by atoms with Crippen LogP contribution in [-0.2, 0) is 11.3 Å². The van der Waals surface area contributed by atoms with Crippen LogP contribution in [0.1, 0.15) is 32.1 Å². The summed E-state index contributed by atoms with van der Waals surface area (Å²) in [5, 5.41) is 7.30. The highest BCUT2D eigenvalue weighted by molar-refractivity contribution is 5.75. The van der Waals surface area contributed by atoms with Gasteiger partial charge in [-0.05, 0) is 75.0 Å². The second-order valence-electron chi connectivity index (χ2n) is 8.03. The lowest BCUT2D eigenvalue weighted by molar-refractivity contribution is -0.122. The summed E-state index contributed by atoms with van der Waals surface area (Å²) in [6, 6.07) is 9.44. The molecule has 6 nitrogen and oxygen atoms in total. The van der Waals surface area contributed by atoms with Gasteiger partial charge in [-0.2, -0.15) is 5.10 Å². The van der Waals surface area contributed by atoms with Gasteiger partial charge in [-0.15, -0.1) is 0 Å². The minimum Gasteiger partial charge on any atom is -0.354 e. The number of nitrogens with zero attached hydrogens (tertiary/aromatic N) is 3. The Bertz CT molecular complexity index is 910. The molecule has 2 aromatic rings. The molecule has 2 aliphatic heterocycles. The Hall–Kier alpha value is -2.54. The average Bonchev–Trinajstić information content (AvgIpc) is 2.74. The van der Waals surface area contributed by atoms with Gasteiger partial charge in [-0.1, -0.05) is 6.42 Å². The molecule has 2 saturated heterocycles. The number of aromatic nitrogens is 2. The van der Waals surface area contributed by atoms with E-state index in [0.29, 0.717) is 29.8 Å². The molecule has 0 aliphatic carbocycles. The van der Waals surface area contributed by atoms with E-state index in [4.69, 9.17) is 0 Å². The van der Waals surface area contributed by atoms with Gasteiger partial charge in [0.1, 0.15) is 12.4 Å². The summed E-state index contributed by atoms with van der Waals surface area (Å²) in [4.78, 5) is 27.2. The summed E-state index contributed by atoms with van der Waals surface area (Å²) >= 11 is 0. The van der Waals surface area contributed by atoms with Crippen LogP contribution in [0.5, 0.6) is 0 Å². The SMILES string of the molecule is O=C(Cn1nc(-c2ccc(F)cc2)ccc1=O)NC[C@H]1CCCN2CCCC[C@H]12. The van der Waals surface area contributed by atoms with Crippen molar-refractivity contribution in [1.29, 1.82) is 0 Å². The van der Waals surface area contributed by atoms with E-state index >= 15 is 0 Å². The van der Waals surface area contributed by atoms with Gasteiger partial charge in [0.05, 0.1) is 5.69 Å². The first-order valence-electron chi connectivity index (χ1n) is 10.4. The van der Waals surface area contributed by atoms with Gasteiger partial charge in [0, 0.05) is 24.2 Å². The quantitative estimate of drug-likeness (QED) is 0.840. The number of hydrogen-bond acceptors (Lipinski definition) is 4. The minimum absolute atomic E-state index is 0.116. The van der Waals surface area contributed by atoms with Crippen molar-refractivity contribution in [1.82, 2.24) is 20.0 Å². The van der Waals surface area contributed by atoms with E-state index < -0.39 is 0 Å². The zero-order valence-corrected chi connectivity index (χ0v) is 16.5. The van der Waals surface area contributed by atoms with Crippen LogP contribution in [0.15, 0.2) is 41.2 Å². The number of carbonyl (C=O) groups is 1. The second kappa shape index (κ2) is 8.86. The Balaban J connectivity index is 1.38. The van der Waals surface area contributed by atoms with Gasteiger partial charge >= 0.3 is 0 Å². The van der Waals surface area contributed by atoms with Crippen LogP contribution in [0, 0.1) is 11.7 Å². The Morgan fingerprint density at radius 1 is 1.07 bits per heavy atom. The maximum absolute atomic E-state index is 13.1. The largest absolute Gasteiger partial charge is 0.354 e. The number of piperidine rings is 2. The summed E-state index contributed by atoms with van der Waals surface area (Å²) in [5.74, 6) is -0.0623. The van der Waals surface area contributed by atoms with Crippen LogP contribution in [0.25, 0.3) is 11.3 Å². The summed E-state index contributed by atoms with van der Waals surface area (Å²) in [6.07, 6.45) is 6.06. The number of carbonyl (C=O) groups excluding carboxylic acids is 1. The zero-order valence-electron chi connectivity index (χ0n) is 16.5. The Kier molecular flexibility index (Phi) is 6.04. The summed E-state index contributed by atoms with van der Waals surface area (Å²) < 4.78 is 14.3. The van der Waals surface area contributed by atoms with Gasteiger partial charge in [0.15, 0.2) is 0 Å². The monoisotopic (exact) mass is 398 g/mol. The third-order valence-electron chi connectivity index (χ3n) is 6.09. The Morgan fingerprint density at radius 3 is 2.69 bits per heavy atom. The standard InChI is InChI=1S/C22H27FN4O2/c23-18-8-6-16(7-9-18)19-10-11-22(29)27(25-19)15-21(28)24-14-17-4-3-13-26-12-2-1-5-20(17)26/h6-11,17,20H,1-5,12-15H2,(H,24,28)/t17-,20-/m1/s1. The molecule has 7 heteroatoms. The number of nitrogens with one attached hydrogen (secondary N) is 1. The second-order valence-corrected chi connectivity index (χ2v) is 8.03. The molecule has 1 aromatic carbocycles. The van der Waals surface area contributed by atoms with Gasteiger partial charge in [0.2, 0.25) is 5.91 Å². The minimum atomic E-state index is -0.333. The van der Waals surface area contributed by atoms with E-state index in [-0.39, 0.29) is 23.8 Å². The van der Waals surface area contributed by atoms with Gasteiger partial charge in [-0.3, -0.25) is 9.59 Å². The summed E-state index contributed by atoms with van der Waals surface area (Å²) in [7, 11) is 0. The molecule has 2 atom stereocenters. The molecule has 0 bridgehead atoms. The molecule has 2 fully saturated rings. The number of rotatable bonds is 5. The predicted octanol–water partition coefficient (Wildman–Crippen LogP) is 2.43. The molecular formula is C22H27FN4O2. The molecule has 1 N–H and O–H groups in total. The topological polar surface area (TPSA) is 67.2 Å². The highest BCUT2D eigenvalue weighted by Crippen LogP contribution is 2.30. The lowest BCUT2D eigenvalue weighted by atomic mass is 9.83. The predicted molar refractivity (Wildman–Crippen MR) is 109 cm³/mol. The smallest absolute Gasteiger partial charge is 0.267 e. The van der Waals surface area contributed by atoms with Gasteiger partial charge in [-0.25, -0.2) is 9.07 Å². The summed E-state index contributed by atoms with van der Waals surface area (Å²) in [6.45, 7) is 2.87. The van der Waals surface area contributed by atoms with Crippen molar-refractivity contribution in [3.05, 3.63) is 52.6 Å². The number of benzene rings is 1. The van der Waals surface area contributed by atoms with Crippen LogP contribution < -0.4 is 10.9 Å². The van der Waals surface area contributed by atoms with Crippen molar-refractivity contribution in [2.24, 2.45) is 5.92 Å². The van der Waals surface area contributed by atoms with Crippen molar-refractivity contribution in [3.8, 4) is 11.3 Å². The maximum Gasteiger partial charge on any atom is 0.267 e. The normalized spacial score (nSPS) is 22.1. The molecule has 1 aromatic heterocycles. The zero-order chi connectivity index (χ0) is 20.2. The molecule has 1 amide bonds. The Labute approximate surface area is 169 Å². The van der Waals surface area contributed by atoms with E-state index in [0.717, 1.165) is 6.42 Å². The molecule has 4 rings (SSSR count). The number of fused-ring (bicyclic) bond motifs is 1. The fourth-order valence-corrected chi connectivity index (χ4v) is 4.59. The highest BCUT2D eigenvalue weighted by Gasteiger charge is 2.32. The van der Waals surface area contributed by atoms with Crippen molar-refractivity contribution in [2.75, 3.05) is 19.6 Å². The summed E-state index contributed by atoms with van der Waals surface area (Å²) in [5.41, 5.74) is 0.893. The lowest BCUT2D eigenvalue weighted by Gasteiger charge is -2.44. The third-order valence-corrected chi connectivity index (χ3v) is 6.09. The van der Waals surface area contributed by atoms with Crippen LogP contribution >= 0.6 is 0 Å². The van der Waals surface area contributed by atoms with Crippen molar-refractivity contribution >= 4 is 5.91 Å². The molecule has 29 heavy (non-hydrogen) atoms. The molecule has 0 unspecified atom stereocenters. The molecular weight excluding hydrogens is 371 g/mol. The lowest BCUT2D eigenvalue weighted by Crippen LogP contribution is -2.51. The van der Waals surface area contributed by atoms with Gasteiger partial charge < -0.3 is 10.2 Å². The maximum atomic E-state index is 13.1. The molecule has 154 valence electrons. The molecule has 0 radical (unpaired) electrons. The molecule has 3 heterocycles. The van der Waals surface area contributed by atoms with Crippen molar-refractivity contribution in [2.45, 2.75) is 44.7 Å². The first-order chi connectivity index (χ1) is 14.1. The van der Waals surface area contributed by atoms with Crippen LogP contribution in [0.4, 0.5) is 4.39 Å². The first kappa shape index (κ1) is 19.8. The third kappa shape index (κ3) is 4.72. The number of hydrogen-bond donors (Lipinski definition) is 1. The molecule has 2 aliphatic rings. The van der Waals surface area contributed by atoms with E-state index in [1.807, 2.05) is 0 Å². The molecule has 0 saturated carbocycles. The van der Waals surface area contributed by atoms with Crippen LogP contribution in [0.3, 0.4) is 0 Å². The molecule has 0 spiro atoms. The average molecular weight is 398 g/mol. The van der Waals surface area contributed by atoms with Crippen molar-refractivity contribution in [3.63, 3.8) is 0 Å². The number of amides is 1. The first-order valence-corrected chi connectivity index (χ1v) is 10.4. The van der Waals surface area contributed by atoms with Crippen LogP contribution in [-0.4, -0.2) is 46.3 Å². The van der Waals surface area contributed by atoms with E-state index in [9.17, 15) is 14.0 Å². The van der Waals surface area contributed by atoms with Crippen molar-refractivity contribution < 1.29 is 9.18 Å². The van der Waals surface area contributed by atoms with E-state index in [1.165, 1.54) is 61.7 Å². The Morgan fingerprint density at radius 2 is 1.86 bits per heavy atom. The fourth-order valence-electron chi connectivity index (χ4n) is 4.59. The highest BCUT2D eigenvalue weighted by atomic mass is 19.1. The van der Waals surface area contributed by atoms with Gasteiger partial charge in [0.25, 0.3) is 5.56 Å². The fraction of sp³-hybridized carbons (Fsp3) is 0.500. The van der Waals surface area contributed by atoms with Crippen LogP contribution in [0.2, 0.25) is 0 Å². The number of halogens is 1. The van der Waals surface area contributed by atoms with E-state index in [2.05, 4.69) is 15.3 Å².